The van der Waals surface area contributed by atoms with Crippen molar-refractivity contribution >= 4 is 44.8 Å². The van der Waals surface area contributed by atoms with Crippen LogP contribution < -0.4 is 5.32 Å². The molecule has 0 aliphatic carbocycles. The SMILES string of the molecule is CC(Nc1ccc(F)c(Cl)c1)c1ccc(Br)cc1Cl. The van der Waals surface area contributed by atoms with Gasteiger partial charge < -0.3 is 5.32 Å². The lowest BCUT2D eigenvalue weighted by Crippen LogP contribution is -2.07. The third-order valence-corrected chi connectivity index (χ3v) is 3.84. The van der Waals surface area contributed by atoms with Crippen molar-refractivity contribution in [2.24, 2.45) is 0 Å². The largest absolute Gasteiger partial charge is 0.378 e. The highest BCUT2D eigenvalue weighted by Crippen LogP contribution is 2.29. The van der Waals surface area contributed by atoms with Gasteiger partial charge in [0, 0.05) is 21.2 Å². The molecule has 19 heavy (non-hydrogen) atoms. The van der Waals surface area contributed by atoms with E-state index in [1.165, 1.54) is 6.07 Å². The van der Waals surface area contributed by atoms with E-state index in [0.717, 1.165) is 15.7 Å². The van der Waals surface area contributed by atoms with Crippen molar-refractivity contribution in [1.82, 2.24) is 0 Å². The van der Waals surface area contributed by atoms with E-state index >= 15 is 0 Å². The second-order valence-corrected chi connectivity index (χ2v) is 5.89. The van der Waals surface area contributed by atoms with E-state index in [4.69, 9.17) is 23.2 Å². The Balaban J connectivity index is 2.20. The maximum absolute atomic E-state index is 13.1. The lowest BCUT2D eigenvalue weighted by atomic mass is 10.1. The predicted octanol–water partition coefficient (Wildman–Crippen LogP) is 6.07. The lowest BCUT2D eigenvalue weighted by molar-refractivity contribution is 0.628. The van der Waals surface area contributed by atoms with Gasteiger partial charge in [0.2, 0.25) is 0 Å². The number of halogens is 4. The third-order valence-electron chi connectivity index (χ3n) is 2.73. The highest BCUT2D eigenvalue weighted by molar-refractivity contribution is 9.10. The quantitative estimate of drug-likeness (QED) is 0.698. The summed E-state index contributed by atoms with van der Waals surface area (Å²) < 4.78 is 14.0. The first kappa shape index (κ1) is 14.6. The molecular weight excluding hydrogens is 352 g/mol. The zero-order chi connectivity index (χ0) is 14.0. The van der Waals surface area contributed by atoms with E-state index in [2.05, 4.69) is 21.2 Å². The number of hydrogen-bond donors (Lipinski definition) is 1. The molecule has 0 fully saturated rings. The molecule has 0 bridgehead atoms. The van der Waals surface area contributed by atoms with Gasteiger partial charge in [0.15, 0.2) is 0 Å². The van der Waals surface area contributed by atoms with Crippen molar-refractivity contribution in [3.05, 3.63) is 62.3 Å². The summed E-state index contributed by atoms with van der Waals surface area (Å²) in [6.07, 6.45) is 0. The number of nitrogens with one attached hydrogen (secondary N) is 1. The van der Waals surface area contributed by atoms with Crippen LogP contribution in [0.25, 0.3) is 0 Å². The van der Waals surface area contributed by atoms with Crippen molar-refractivity contribution in [1.29, 1.82) is 0 Å². The Bertz CT molecular complexity index is 604. The Morgan fingerprint density at radius 3 is 2.47 bits per heavy atom. The minimum atomic E-state index is -0.429. The third kappa shape index (κ3) is 3.62. The number of hydrogen-bond acceptors (Lipinski definition) is 1. The van der Waals surface area contributed by atoms with E-state index in [1.54, 1.807) is 12.1 Å². The fraction of sp³-hybridized carbons (Fsp3) is 0.143. The smallest absolute Gasteiger partial charge is 0.141 e. The van der Waals surface area contributed by atoms with E-state index < -0.39 is 5.82 Å². The molecule has 2 aromatic rings. The van der Waals surface area contributed by atoms with Crippen molar-refractivity contribution in [2.75, 3.05) is 5.32 Å². The van der Waals surface area contributed by atoms with E-state index in [0.29, 0.717) is 5.02 Å². The molecule has 100 valence electrons. The van der Waals surface area contributed by atoms with Crippen LogP contribution in [-0.4, -0.2) is 0 Å². The van der Waals surface area contributed by atoms with Crippen LogP contribution in [0, 0.1) is 5.82 Å². The highest BCUT2D eigenvalue weighted by atomic mass is 79.9. The van der Waals surface area contributed by atoms with E-state index in [1.807, 2.05) is 25.1 Å². The van der Waals surface area contributed by atoms with Gasteiger partial charge in [-0.2, -0.15) is 0 Å². The first-order valence-corrected chi connectivity index (χ1v) is 7.19. The van der Waals surface area contributed by atoms with Crippen molar-refractivity contribution < 1.29 is 4.39 Å². The minimum Gasteiger partial charge on any atom is -0.378 e. The monoisotopic (exact) mass is 361 g/mol. The Morgan fingerprint density at radius 2 is 1.84 bits per heavy atom. The van der Waals surface area contributed by atoms with E-state index in [-0.39, 0.29) is 11.1 Å². The van der Waals surface area contributed by atoms with Crippen LogP contribution >= 0.6 is 39.1 Å². The van der Waals surface area contributed by atoms with E-state index in [9.17, 15) is 4.39 Å². The summed E-state index contributed by atoms with van der Waals surface area (Å²) in [6, 6.07) is 10.2. The van der Waals surface area contributed by atoms with Gasteiger partial charge in [-0.3, -0.25) is 0 Å². The van der Waals surface area contributed by atoms with Gasteiger partial charge in [0.25, 0.3) is 0 Å². The van der Waals surface area contributed by atoms with Crippen LogP contribution in [0.5, 0.6) is 0 Å². The molecule has 5 heteroatoms. The average Bonchev–Trinajstić information content (AvgIpc) is 2.33. The summed E-state index contributed by atoms with van der Waals surface area (Å²) in [4.78, 5) is 0. The molecule has 0 aliphatic rings. The van der Waals surface area contributed by atoms with Crippen molar-refractivity contribution in [2.45, 2.75) is 13.0 Å². The molecule has 0 saturated heterocycles. The van der Waals surface area contributed by atoms with Crippen LogP contribution in [0.2, 0.25) is 10.0 Å². The van der Waals surface area contributed by atoms with Crippen LogP contribution in [0.1, 0.15) is 18.5 Å². The fourth-order valence-corrected chi connectivity index (χ4v) is 2.78. The maximum Gasteiger partial charge on any atom is 0.141 e. The van der Waals surface area contributed by atoms with Gasteiger partial charge in [-0.05, 0) is 42.8 Å². The summed E-state index contributed by atoms with van der Waals surface area (Å²) in [6.45, 7) is 1.98. The van der Waals surface area contributed by atoms with Crippen LogP contribution in [0.3, 0.4) is 0 Å². The lowest BCUT2D eigenvalue weighted by Gasteiger charge is -2.17. The van der Waals surface area contributed by atoms with Crippen LogP contribution in [0.15, 0.2) is 40.9 Å². The van der Waals surface area contributed by atoms with Gasteiger partial charge in [-0.1, -0.05) is 45.2 Å². The second kappa shape index (κ2) is 6.12. The molecule has 2 rings (SSSR count). The fourth-order valence-electron chi connectivity index (χ4n) is 1.77. The Kier molecular flexibility index (Phi) is 4.71. The maximum atomic E-state index is 13.1. The molecule has 0 aromatic heterocycles. The molecule has 0 saturated carbocycles. The zero-order valence-electron chi connectivity index (χ0n) is 10.1. The highest BCUT2D eigenvalue weighted by Gasteiger charge is 2.10. The average molecular weight is 363 g/mol. The zero-order valence-corrected chi connectivity index (χ0v) is 13.2. The van der Waals surface area contributed by atoms with Gasteiger partial charge >= 0.3 is 0 Å². The summed E-state index contributed by atoms with van der Waals surface area (Å²) >= 11 is 15.3. The number of rotatable bonds is 3. The van der Waals surface area contributed by atoms with Crippen LogP contribution in [0.4, 0.5) is 10.1 Å². The van der Waals surface area contributed by atoms with Gasteiger partial charge in [-0.15, -0.1) is 0 Å². The van der Waals surface area contributed by atoms with Crippen molar-refractivity contribution in [3.63, 3.8) is 0 Å². The topological polar surface area (TPSA) is 12.0 Å². The minimum absolute atomic E-state index is 0.0119. The molecular formula is C14H11BrCl2FN. The molecule has 1 nitrogen and oxygen atoms in total. The molecule has 0 amide bonds. The molecule has 1 unspecified atom stereocenters. The Labute approximate surface area is 129 Å². The Hall–Kier alpha value is -0.770. The number of benzene rings is 2. The summed E-state index contributed by atoms with van der Waals surface area (Å²) in [5.74, 6) is -0.429. The summed E-state index contributed by atoms with van der Waals surface area (Å²) in [7, 11) is 0. The molecule has 1 N–H and O–H groups in total. The summed E-state index contributed by atoms with van der Waals surface area (Å²) in [5, 5.41) is 4.00. The molecule has 1 atom stereocenters. The van der Waals surface area contributed by atoms with Crippen molar-refractivity contribution in [3.8, 4) is 0 Å². The van der Waals surface area contributed by atoms with Crippen LogP contribution in [-0.2, 0) is 0 Å². The Morgan fingerprint density at radius 1 is 1.11 bits per heavy atom. The van der Waals surface area contributed by atoms with Gasteiger partial charge in [0.05, 0.1) is 5.02 Å². The standard InChI is InChI=1S/C14H11BrCl2FN/c1-8(11-4-2-9(15)6-12(11)16)19-10-3-5-14(18)13(17)7-10/h2-8,19H,1H3. The molecule has 0 radical (unpaired) electrons. The first-order chi connectivity index (χ1) is 8.97. The van der Waals surface area contributed by atoms with Gasteiger partial charge in [-0.25, -0.2) is 4.39 Å². The number of anilines is 1. The molecule has 0 heterocycles. The second-order valence-electron chi connectivity index (χ2n) is 4.16. The predicted molar refractivity (Wildman–Crippen MR) is 82.6 cm³/mol. The molecule has 0 aliphatic heterocycles. The summed E-state index contributed by atoms with van der Waals surface area (Å²) in [5.41, 5.74) is 1.71. The first-order valence-electron chi connectivity index (χ1n) is 5.64. The van der Waals surface area contributed by atoms with Gasteiger partial charge in [0.1, 0.15) is 5.82 Å². The normalized spacial score (nSPS) is 12.3. The molecule has 2 aromatic carbocycles. The molecule has 0 spiro atoms.